The van der Waals surface area contributed by atoms with Gasteiger partial charge in [-0.3, -0.25) is 4.98 Å². The molecule has 0 N–H and O–H groups in total. The molecular formula is C15H11N3O. The van der Waals surface area contributed by atoms with Crippen LogP contribution < -0.4 is 0 Å². The molecule has 0 bridgehead atoms. The molecule has 3 heterocycles. The third-order valence-corrected chi connectivity index (χ3v) is 2.85. The predicted octanol–water partition coefficient (Wildman–Crippen LogP) is 2.77. The molecule has 0 radical (unpaired) electrons. The Morgan fingerprint density at radius 1 is 1.16 bits per heavy atom. The number of fused-ring (bicyclic) bond motifs is 1. The number of aromatic nitrogens is 3. The molecule has 0 fully saturated rings. The van der Waals surface area contributed by atoms with Gasteiger partial charge in [0, 0.05) is 18.8 Å². The maximum absolute atomic E-state index is 5.73. The van der Waals surface area contributed by atoms with Crippen LogP contribution in [0.3, 0.4) is 0 Å². The molecular weight excluding hydrogens is 238 g/mol. The quantitative estimate of drug-likeness (QED) is 0.670. The summed E-state index contributed by atoms with van der Waals surface area (Å²) in [6.45, 7) is 0. The standard InChI is InChI=1S/C15H11N3O/c1-2-6-11(12-7-3-4-9-16-12)15-18-14-13(19-15)8-5-10-17-14/h1,3-5,7-11H,6H2. The minimum atomic E-state index is -0.139. The van der Waals surface area contributed by atoms with E-state index in [0.29, 0.717) is 23.5 Å². The van der Waals surface area contributed by atoms with Crippen molar-refractivity contribution in [3.05, 3.63) is 54.3 Å². The van der Waals surface area contributed by atoms with E-state index in [1.54, 1.807) is 12.4 Å². The van der Waals surface area contributed by atoms with Crippen molar-refractivity contribution in [2.45, 2.75) is 12.3 Å². The van der Waals surface area contributed by atoms with E-state index < -0.39 is 0 Å². The number of rotatable bonds is 3. The van der Waals surface area contributed by atoms with E-state index in [1.165, 1.54) is 0 Å². The first-order valence-electron chi connectivity index (χ1n) is 5.94. The van der Waals surface area contributed by atoms with E-state index in [-0.39, 0.29) is 5.92 Å². The third kappa shape index (κ3) is 2.18. The molecule has 0 saturated heterocycles. The zero-order valence-corrected chi connectivity index (χ0v) is 10.2. The molecule has 0 saturated carbocycles. The topological polar surface area (TPSA) is 51.8 Å². The predicted molar refractivity (Wildman–Crippen MR) is 71.3 cm³/mol. The minimum Gasteiger partial charge on any atom is -0.438 e. The third-order valence-electron chi connectivity index (χ3n) is 2.85. The molecule has 4 nitrogen and oxygen atoms in total. The molecule has 0 aromatic carbocycles. The van der Waals surface area contributed by atoms with Crippen LogP contribution in [0.2, 0.25) is 0 Å². The summed E-state index contributed by atoms with van der Waals surface area (Å²) in [5, 5.41) is 0. The zero-order chi connectivity index (χ0) is 13.1. The summed E-state index contributed by atoms with van der Waals surface area (Å²) in [5.74, 6) is 3.07. The van der Waals surface area contributed by atoms with Gasteiger partial charge in [0.05, 0.1) is 11.6 Å². The average molecular weight is 249 g/mol. The van der Waals surface area contributed by atoms with Gasteiger partial charge in [0.15, 0.2) is 11.2 Å². The van der Waals surface area contributed by atoms with Crippen molar-refractivity contribution in [1.82, 2.24) is 15.0 Å². The van der Waals surface area contributed by atoms with Gasteiger partial charge in [0.25, 0.3) is 0 Å². The van der Waals surface area contributed by atoms with E-state index in [2.05, 4.69) is 20.9 Å². The number of pyridine rings is 2. The molecule has 19 heavy (non-hydrogen) atoms. The highest BCUT2D eigenvalue weighted by atomic mass is 16.3. The summed E-state index contributed by atoms with van der Waals surface area (Å²) in [7, 11) is 0. The lowest BCUT2D eigenvalue weighted by Crippen LogP contribution is -2.02. The normalized spacial score (nSPS) is 12.2. The van der Waals surface area contributed by atoms with Crippen LogP contribution in [-0.4, -0.2) is 15.0 Å². The van der Waals surface area contributed by atoms with Gasteiger partial charge in [-0.2, -0.15) is 4.98 Å². The molecule has 0 aliphatic heterocycles. The summed E-state index contributed by atoms with van der Waals surface area (Å²) in [6, 6.07) is 9.36. The van der Waals surface area contributed by atoms with Gasteiger partial charge in [0.1, 0.15) is 0 Å². The molecule has 0 aliphatic rings. The first-order valence-corrected chi connectivity index (χ1v) is 5.94. The van der Waals surface area contributed by atoms with E-state index in [0.717, 1.165) is 5.69 Å². The number of hydrogen-bond acceptors (Lipinski definition) is 4. The first kappa shape index (κ1) is 11.4. The van der Waals surface area contributed by atoms with Crippen molar-refractivity contribution in [3.63, 3.8) is 0 Å². The zero-order valence-electron chi connectivity index (χ0n) is 10.2. The lowest BCUT2D eigenvalue weighted by molar-refractivity contribution is 0.498. The Hall–Kier alpha value is -2.67. The highest BCUT2D eigenvalue weighted by Crippen LogP contribution is 2.27. The van der Waals surface area contributed by atoms with Crippen LogP contribution in [0.4, 0.5) is 0 Å². The molecule has 1 unspecified atom stereocenters. The van der Waals surface area contributed by atoms with Crippen molar-refractivity contribution >= 4 is 11.2 Å². The van der Waals surface area contributed by atoms with E-state index in [9.17, 15) is 0 Å². The minimum absolute atomic E-state index is 0.139. The summed E-state index contributed by atoms with van der Waals surface area (Å²) in [5.41, 5.74) is 2.11. The number of oxazole rings is 1. The monoisotopic (exact) mass is 249 g/mol. The van der Waals surface area contributed by atoms with Crippen molar-refractivity contribution in [3.8, 4) is 12.3 Å². The average Bonchev–Trinajstić information content (AvgIpc) is 2.89. The fourth-order valence-corrected chi connectivity index (χ4v) is 1.95. The maximum atomic E-state index is 5.73. The van der Waals surface area contributed by atoms with E-state index >= 15 is 0 Å². The SMILES string of the molecule is C#CCC(c1ccccn1)c1nc2ncccc2o1. The Bertz CT molecular complexity index is 695. The van der Waals surface area contributed by atoms with Crippen LogP contribution in [0, 0.1) is 12.3 Å². The van der Waals surface area contributed by atoms with Crippen LogP contribution >= 0.6 is 0 Å². The van der Waals surface area contributed by atoms with Crippen molar-refractivity contribution in [2.24, 2.45) is 0 Å². The van der Waals surface area contributed by atoms with Gasteiger partial charge in [-0.05, 0) is 24.3 Å². The highest BCUT2D eigenvalue weighted by Gasteiger charge is 2.20. The van der Waals surface area contributed by atoms with Crippen LogP contribution in [0.15, 0.2) is 47.1 Å². The van der Waals surface area contributed by atoms with Gasteiger partial charge < -0.3 is 4.42 Å². The van der Waals surface area contributed by atoms with Crippen LogP contribution in [0.25, 0.3) is 11.2 Å². The molecule has 3 aromatic heterocycles. The second-order valence-corrected chi connectivity index (χ2v) is 4.09. The Kier molecular flexibility index (Phi) is 2.95. The van der Waals surface area contributed by atoms with E-state index in [1.807, 2.05) is 30.3 Å². The lowest BCUT2D eigenvalue weighted by atomic mass is 10.0. The first-order chi connectivity index (χ1) is 9.38. The Morgan fingerprint density at radius 2 is 2.05 bits per heavy atom. The number of terminal acetylenes is 1. The van der Waals surface area contributed by atoms with Crippen molar-refractivity contribution < 1.29 is 4.42 Å². The Labute approximate surface area is 110 Å². The molecule has 3 aromatic rings. The van der Waals surface area contributed by atoms with Crippen molar-refractivity contribution in [1.29, 1.82) is 0 Å². The van der Waals surface area contributed by atoms with Gasteiger partial charge in [-0.25, -0.2) is 4.98 Å². The molecule has 0 aliphatic carbocycles. The smallest absolute Gasteiger partial charge is 0.207 e. The maximum Gasteiger partial charge on any atom is 0.207 e. The van der Waals surface area contributed by atoms with Crippen LogP contribution in [-0.2, 0) is 0 Å². The van der Waals surface area contributed by atoms with Crippen molar-refractivity contribution in [2.75, 3.05) is 0 Å². The second-order valence-electron chi connectivity index (χ2n) is 4.09. The summed E-state index contributed by atoms with van der Waals surface area (Å²) >= 11 is 0. The van der Waals surface area contributed by atoms with Gasteiger partial charge in [0.2, 0.25) is 5.89 Å². The fraction of sp³-hybridized carbons (Fsp3) is 0.133. The Balaban J connectivity index is 2.07. The molecule has 1 atom stereocenters. The van der Waals surface area contributed by atoms with Gasteiger partial charge in [-0.15, -0.1) is 12.3 Å². The number of nitrogens with zero attached hydrogens (tertiary/aromatic N) is 3. The largest absolute Gasteiger partial charge is 0.438 e. The second kappa shape index (κ2) is 4.91. The lowest BCUT2D eigenvalue weighted by Gasteiger charge is -2.08. The molecule has 0 amide bonds. The fourth-order valence-electron chi connectivity index (χ4n) is 1.95. The molecule has 3 rings (SSSR count). The summed E-state index contributed by atoms with van der Waals surface area (Å²) < 4.78 is 5.73. The van der Waals surface area contributed by atoms with Gasteiger partial charge in [-0.1, -0.05) is 6.07 Å². The summed E-state index contributed by atoms with van der Waals surface area (Å²) in [6.07, 6.45) is 9.35. The highest BCUT2D eigenvalue weighted by molar-refractivity contribution is 5.67. The number of hydrogen-bond donors (Lipinski definition) is 0. The van der Waals surface area contributed by atoms with Crippen LogP contribution in [0.1, 0.15) is 23.9 Å². The van der Waals surface area contributed by atoms with Gasteiger partial charge >= 0.3 is 0 Å². The van der Waals surface area contributed by atoms with E-state index in [4.69, 9.17) is 10.8 Å². The molecule has 4 heteroatoms. The molecule has 0 spiro atoms. The Morgan fingerprint density at radius 3 is 2.79 bits per heavy atom. The summed E-state index contributed by atoms with van der Waals surface area (Å²) in [4.78, 5) is 12.9. The van der Waals surface area contributed by atoms with Crippen LogP contribution in [0.5, 0.6) is 0 Å². The molecule has 92 valence electrons.